The maximum absolute atomic E-state index is 12.0. The lowest BCUT2D eigenvalue weighted by molar-refractivity contribution is 0.0946. The highest BCUT2D eigenvalue weighted by Crippen LogP contribution is 2.23. The summed E-state index contributed by atoms with van der Waals surface area (Å²) in [7, 11) is 3.14. The lowest BCUT2D eigenvalue weighted by Crippen LogP contribution is -2.25. The van der Waals surface area contributed by atoms with Gasteiger partial charge in [-0.2, -0.15) is 0 Å². The van der Waals surface area contributed by atoms with Crippen LogP contribution in [0.2, 0.25) is 0 Å². The van der Waals surface area contributed by atoms with E-state index >= 15 is 0 Å². The first-order valence-corrected chi connectivity index (χ1v) is 6.21. The summed E-state index contributed by atoms with van der Waals surface area (Å²) < 4.78 is 10.4. The predicted octanol–water partition coefficient (Wildman–Crippen LogP) is 1.01. The number of anilines is 1. The summed E-state index contributed by atoms with van der Waals surface area (Å²) in [6.45, 7) is 0.259. The standard InChI is InChI=1S/C14H16N4O3/c1-20-10-3-4-11(21-2)9(7-10)8-18-14(19)12-13(15)17-6-5-16-12/h3-7H,8H2,1-2H3,(H2,15,17)(H,18,19). The van der Waals surface area contributed by atoms with Gasteiger partial charge in [0.25, 0.3) is 5.91 Å². The van der Waals surface area contributed by atoms with Gasteiger partial charge in [-0.25, -0.2) is 9.97 Å². The Bertz CT molecular complexity index is 646. The minimum absolute atomic E-state index is 0.0904. The second-order valence-electron chi connectivity index (χ2n) is 4.15. The number of benzene rings is 1. The average Bonchev–Trinajstić information content (AvgIpc) is 2.52. The Kier molecular flexibility index (Phi) is 4.55. The lowest BCUT2D eigenvalue weighted by atomic mass is 10.2. The summed E-state index contributed by atoms with van der Waals surface area (Å²) in [6.07, 6.45) is 2.84. The molecular weight excluding hydrogens is 272 g/mol. The number of amides is 1. The van der Waals surface area contributed by atoms with E-state index in [1.807, 2.05) is 0 Å². The number of carbonyl (C=O) groups is 1. The van der Waals surface area contributed by atoms with Gasteiger partial charge in [0.05, 0.1) is 14.2 Å². The van der Waals surface area contributed by atoms with E-state index in [0.29, 0.717) is 11.5 Å². The zero-order chi connectivity index (χ0) is 15.2. The molecule has 2 rings (SSSR count). The second-order valence-corrected chi connectivity index (χ2v) is 4.15. The van der Waals surface area contributed by atoms with Gasteiger partial charge in [-0.1, -0.05) is 0 Å². The normalized spacial score (nSPS) is 10.0. The lowest BCUT2D eigenvalue weighted by Gasteiger charge is -2.11. The largest absolute Gasteiger partial charge is 0.497 e. The molecule has 0 fully saturated rings. The topological polar surface area (TPSA) is 99.4 Å². The molecule has 7 heteroatoms. The van der Waals surface area contributed by atoms with Gasteiger partial charge in [0.1, 0.15) is 11.5 Å². The fraction of sp³-hybridized carbons (Fsp3) is 0.214. The first-order valence-electron chi connectivity index (χ1n) is 6.21. The van der Waals surface area contributed by atoms with Crippen LogP contribution in [0, 0.1) is 0 Å². The van der Waals surface area contributed by atoms with Crippen LogP contribution in [0.5, 0.6) is 11.5 Å². The molecule has 1 aromatic heterocycles. The number of carbonyl (C=O) groups excluding carboxylic acids is 1. The van der Waals surface area contributed by atoms with E-state index in [1.54, 1.807) is 32.4 Å². The fourth-order valence-corrected chi connectivity index (χ4v) is 1.80. The number of hydrogen-bond acceptors (Lipinski definition) is 6. The fourth-order valence-electron chi connectivity index (χ4n) is 1.80. The van der Waals surface area contributed by atoms with Crippen molar-refractivity contribution in [3.05, 3.63) is 41.9 Å². The molecule has 1 amide bonds. The van der Waals surface area contributed by atoms with Crippen molar-refractivity contribution in [2.45, 2.75) is 6.54 Å². The summed E-state index contributed by atoms with van der Waals surface area (Å²) in [6, 6.07) is 5.35. The Labute approximate surface area is 122 Å². The molecule has 7 nitrogen and oxygen atoms in total. The van der Waals surface area contributed by atoms with E-state index in [4.69, 9.17) is 15.2 Å². The Morgan fingerprint density at radius 3 is 2.67 bits per heavy atom. The smallest absolute Gasteiger partial charge is 0.273 e. The van der Waals surface area contributed by atoms with Gasteiger partial charge in [0.15, 0.2) is 11.5 Å². The van der Waals surface area contributed by atoms with Crippen molar-refractivity contribution < 1.29 is 14.3 Å². The predicted molar refractivity (Wildman–Crippen MR) is 77.2 cm³/mol. The van der Waals surface area contributed by atoms with Crippen molar-refractivity contribution in [1.82, 2.24) is 15.3 Å². The van der Waals surface area contributed by atoms with E-state index in [-0.39, 0.29) is 18.1 Å². The van der Waals surface area contributed by atoms with Crippen molar-refractivity contribution in [3.8, 4) is 11.5 Å². The molecule has 0 unspecified atom stereocenters. The van der Waals surface area contributed by atoms with E-state index in [0.717, 1.165) is 5.56 Å². The van der Waals surface area contributed by atoms with Gasteiger partial charge in [-0.3, -0.25) is 4.79 Å². The molecule has 0 aliphatic carbocycles. The number of aromatic nitrogens is 2. The van der Waals surface area contributed by atoms with Gasteiger partial charge in [-0.15, -0.1) is 0 Å². The first-order chi connectivity index (χ1) is 10.2. The Hall–Kier alpha value is -2.83. The average molecular weight is 288 g/mol. The summed E-state index contributed by atoms with van der Waals surface area (Å²) in [4.78, 5) is 19.8. The number of nitrogen functional groups attached to an aromatic ring is 1. The van der Waals surface area contributed by atoms with Crippen LogP contribution in [0.3, 0.4) is 0 Å². The van der Waals surface area contributed by atoms with Crippen LogP contribution < -0.4 is 20.5 Å². The number of methoxy groups -OCH3 is 2. The van der Waals surface area contributed by atoms with Crippen molar-refractivity contribution in [2.24, 2.45) is 0 Å². The molecule has 110 valence electrons. The molecule has 1 aromatic carbocycles. The molecule has 1 heterocycles. The van der Waals surface area contributed by atoms with Crippen LogP contribution >= 0.6 is 0 Å². The Morgan fingerprint density at radius 2 is 2.00 bits per heavy atom. The molecular formula is C14H16N4O3. The van der Waals surface area contributed by atoms with E-state index in [2.05, 4.69) is 15.3 Å². The highest BCUT2D eigenvalue weighted by molar-refractivity contribution is 5.96. The number of rotatable bonds is 5. The van der Waals surface area contributed by atoms with Gasteiger partial charge in [0.2, 0.25) is 0 Å². The highest BCUT2D eigenvalue weighted by Gasteiger charge is 2.13. The van der Waals surface area contributed by atoms with Crippen LogP contribution in [-0.4, -0.2) is 30.1 Å². The third kappa shape index (κ3) is 3.38. The molecule has 2 aromatic rings. The van der Waals surface area contributed by atoms with Crippen molar-refractivity contribution >= 4 is 11.7 Å². The van der Waals surface area contributed by atoms with Crippen LogP contribution in [0.1, 0.15) is 16.1 Å². The third-order valence-electron chi connectivity index (χ3n) is 2.87. The third-order valence-corrected chi connectivity index (χ3v) is 2.87. The maximum Gasteiger partial charge on any atom is 0.273 e. The molecule has 0 saturated carbocycles. The molecule has 0 atom stereocenters. The summed E-state index contributed by atoms with van der Waals surface area (Å²) in [5.41, 5.74) is 6.49. The number of hydrogen-bond donors (Lipinski definition) is 2. The molecule has 3 N–H and O–H groups in total. The van der Waals surface area contributed by atoms with Gasteiger partial charge < -0.3 is 20.5 Å². The number of nitrogens with zero attached hydrogens (tertiary/aromatic N) is 2. The molecule has 0 saturated heterocycles. The van der Waals surface area contributed by atoms with Gasteiger partial charge in [0, 0.05) is 24.5 Å². The van der Waals surface area contributed by atoms with E-state index in [1.165, 1.54) is 12.4 Å². The van der Waals surface area contributed by atoms with Crippen LogP contribution in [0.4, 0.5) is 5.82 Å². The maximum atomic E-state index is 12.0. The zero-order valence-electron chi connectivity index (χ0n) is 11.8. The quantitative estimate of drug-likeness (QED) is 0.851. The zero-order valence-corrected chi connectivity index (χ0v) is 11.8. The van der Waals surface area contributed by atoms with E-state index < -0.39 is 5.91 Å². The monoisotopic (exact) mass is 288 g/mol. The summed E-state index contributed by atoms with van der Waals surface area (Å²) in [5, 5.41) is 2.73. The SMILES string of the molecule is COc1ccc(OC)c(CNC(=O)c2nccnc2N)c1. The molecule has 0 radical (unpaired) electrons. The first kappa shape index (κ1) is 14.6. The van der Waals surface area contributed by atoms with Gasteiger partial charge in [-0.05, 0) is 18.2 Å². The van der Waals surface area contributed by atoms with Crippen LogP contribution in [-0.2, 0) is 6.54 Å². The van der Waals surface area contributed by atoms with Crippen molar-refractivity contribution in [3.63, 3.8) is 0 Å². The molecule has 21 heavy (non-hydrogen) atoms. The molecule has 0 aliphatic rings. The van der Waals surface area contributed by atoms with E-state index in [9.17, 15) is 4.79 Å². The second kappa shape index (κ2) is 6.56. The van der Waals surface area contributed by atoms with Crippen molar-refractivity contribution in [2.75, 3.05) is 20.0 Å². The van der Waals surface area contributed by atoms with Gasteiger partial charge >= 0.3 is 0 Å². The minimum Gasteiger partial charge on any atom is -0.497 e. The van der Waals surface area contributed by atoms with Crippen LogP contribution in [0.15, 0.2) is 30.6 Å². The number of nitrogens with two attached hydrogens (primary N) is 1. The number of ether oxygens (including phenoxy) is 2. The molecule has 0 aliphatic heterocycles. The Balaban J connectivity index is 2.12. The molecule has 0 bridgehead atoms. The minimum atomic E-state index is -0.398. The summed E-state index contributed by atoms with van der Waals surface area (Å²) in [5.74, 6) is 1.03. The highest BCUT2D eigenvalue weighted by atomic mass is 16.5. The van der Waals surface area contributed by atoms with Crippen LogP contribution in [0.25, 0.3) is 0 Å². The Morgan fingerprint density at radius 1 is 1.24 bits per heavy atom. The van der Waals surface area contributed by atoms with Crippen molar-refractivity contribution in [1.29, 1.82) is 0 Å². The number of nitrogens with one attached hydrogen (secondary N) is 1. The molecule has 0 spiro atoms. The summed E-state index contributed by atoms with van der Waals surface area (Å²) >= 11 is 0.